The van der Waals surface area contributed by atoms with Crippen molar-refractivity contribution in [2.24, 2.45) is 0 Å². The van der Waals surface area contributed by atoms with Crippen LogP contribution in [0.25, 0.3) is 0 Å². The SMILES string of the molecule is Nc1nc(SCC(=O)Nc2ccc(Cl)c(Cl)c2)[nH]c(=O)c1NC(=O)c1ccc(F)cc1. The molecule has 31 heavy (non-hydrogen) atoms. The lowest BCUT2D eigenvalue weighted by Gasteiger charge is -2.09. The van der Waals surface area contributed by atoms with Gasteiger partial charge in [-0.15, -0.1) is 0 Å². The van der Waals surface area contributed by atoms with Gasteiger partial charge in [-0.3, -0.25) is 19.4 Å². The number of aromatic amines is 1. The number of carbonyl (C=O) groups excluding carboxylic acids is 2. The monoisotopic (exact) mass is 481 g/mol. The minimum Gasteiger partial charge on any atom is -0.382 e. The van der Waals surface area contributed by atoms with E-state index in [9.17, 15) is 18.8 Å². The number of rotatable bonds is 6. The summed E-state index contributed by atoms with van der Waals surface area (Å²) in [4.78, 5) is 43.0. The van der Waals surface area contributed by atoms with Gasteiger partial charge < -0.3 is 16.4 Å². The molecule has 0 unspecified atom stereocenters. The molecule has 0 fully saturated rings. The van der Waals surface area contributed by atoms with Crippen LogP contribution >= 0.6 is 35.0 Å². The number of halogens is 3. The minimum absolute atomic E-state index is 0.0795. The van der Waals surface area contributed by atoms with Crippen molar-refractivity contribution in [3.63, 3.8) is 0 Å². The molecule has 8 nitrogen and oxygen atoms in total. The molecule has 0 atom stereocenters. The van der Waals surface area contributed by atoms with E-state index >= 15 is 0 Å². The molecule has 0 aliphatic carbocycles. The molecule has 2 amide bonds. The van der Waals surface area contributed by atoms with Crippen molar-refractivity contribution < 1.29 is 14.0 Å². The quantitative estimate of drug-likeness (QED) is 0.313. The maximum Gasteiger partial charge on any atom is 0.277 e. The van der Waals surface area contributed by atoms with Gasteiger partial charge in [0.1, 0.15) is 11.5 Å². The van der Waals surface area contributed by atoms with Gasteiger partial charge in [0.25, 0.3) is 11.5 Å². The van der Waals surface area contributed by atoms with Crippen molar-refractivity contribution in [3.05, 3.63) is 74.2 Å². The Morgan fingerprint density at radius 2 is 1.81 bits per heavy atom. The molecule has 0 spiro atoms. The summed E-state index contributed by atoms with van der Waals surface area (Å²) in [5, 5.41) is 5.72. The van der Waals surface area contributed by atoms with Gasteiger partial charge in [0, 0.05) is 11.3 Å². The fourth-order valence-electron chi connectivity index (χ4n) is 2.35. The summed E-state index contributed by atoms with van der Waals surface area (Å²) in [6.07, 6.45) is 0. The zero-order valence-corrected chi connectivity index (χ0v) is 17.9. The Morgan fingerprint density at radius 1 is 1.10 bits per heavy atom. The summed E-state index contributed by atoms with van der Waals surface area (Å²) in [5.74, 6) is -1.84. The molecule has 0 aliphatic rings. The lowest BCUT2D eigenvalue weighted by atomic mass is 10.2. The van der Waals surface area contributed by atoms with Crippen molar-refractivity contribution >= 4 is 64.0 Å². The Labute approximate surface area is 189 Å². The number of nitrogens with one attached hydrogen (secondary N) is 3. The normalized spacial score (nSPS) is 10.5. The van der Waals surface area contributed by atoms with Crippen molar-refractivity contribution in [2.45, 2.75) is 5.16 Å². The summed E-state index contributed by atoms with van der Waals surface area (Å²) in [7, 11) is 0. The third-order valence-electron chi connectivity index (χ3n) is 3.81. The van der Waals surface area contributed by atoms with Gasteiger partial charge in [-0.05, 0) is 42.5 Å². The van der Waals surface area contributed by atoms with E-state index in [1.54, 1.807) is 12.1 Å². The average molecular weight is 482 g/mol. The van der Waals surface area contributed by atoms with E-state index in [0.717, 1.165) is 23.9 Å². The molecule has 0 saturated heterocycles. The lowest BCUT2D eigenvalue weighted by Crippen LogP contribution is -2.23. The number of nitrogens with two attached hydrogens (primary N) is 1. The van der Waals surface area contributed by atoms with Crippen LogP contribution < -0.4 is 21.9 Å². The molecule has 2 aromatic carbocycles. The lowest BCUT2D eigenvalue weighted by molar-refractivity contribution is -0.113. The van der Waals surface area contributed by atoms with E-state index in [1.165, 1.54) is 18.2 Å². The van der Waals surface area contributed by atoms with Crippen LogP contribution in [-0.4, -0.2) is 27.5 Å². The highest BCUT2D eigenvalue weighted by molar-refractivity contribution is 7.99. The predicted molar refractivity (Wildman–Crippen MR) is 119 cm³/mol. The van der Waals surface area contributed by atoms with Gasteiger partial charge in [0.2, 0.25) is 5.91 Å². The summed E-state index contributed by atoms with van der Waals surface area (Å²) in [6, 6.07) is 9.40. The van der Waals surface area contributed by atoms with Crippen molar-refractivity contribution in [1.82, 2.24) is 9.97 Å². The van der Waals surface area contributed by atoms with Crippen molar-refractivity contribution in [3.8, 4) is 0 Å². The number of nitrogens with zero attached hydrogens (tertiary/aromatic N) is 1. The third kappa shape index (κ3) is 5.97. The van der Waals surface area contributed by atoms with Gasteiger partial charge >= 0.3 is 0 Å². The maximum atomic E-state index is 13.0. The van der Waals surface area contributed by atoms with Crippen LogP contribution in [0, 0.1) is 5.82 Å². The fourth-order valence-corrected chi connectivity index (χ4v) is 3.32. The van der Waals surface area contributed by atoms with E-state index in [0.29, 0.717) is 15.7 Å². The Morgan fingerprint density at radius 3 is 2.45 bits per heavy atom. The number of anilines is 3. The van der Waals surface area contributed by atoms with Crippen LogP contribution in [0.1, 0.15) is 10.4 Å². The zero-order valence-electron chi connectivity index (χ0n) is 15.5. The summed E-state index contributed by atoms with van der Waals surface area (Å²) in [6.45, 7) is 0. The standard InChI is InChI=1S/C19H14Cl2FN5O3S/c20-12-6-5-11(7-13(12)21)24-14(28)8-31-19-26-16(23)15(18(30)27-19)25-17(29)9-1-3-10(22)4-2-9/h1-7H,8H2,(H,24,28)(H,25,29)(H3,23,26,27,30). The van der Waals surface area contributed by atoms with Gasteiger partial charge in [0.15, 0.2) is 11.0 Å². The highest BCUT2D eigenvalue weighted by Crippen LogP contribution is 2.25. The largest absolute Gasteiger partial charge is 0.382 e. The first kappa shape index (κ1) is 22.6. The average Bonchev–Trinajstić information content (AvgIpc) is 2.72. The number of hydrogen-bond acceptors (Lipinski definition) is 6. The summed E-state index contributed by atoms with van der Waals surface area (Å²) in [5.41, 5.74) is 5.43. The fraction of sp³-hybridized carbons (Fsp3) is 0.0526. The van der Waals surface area contributed by atoms with Crippen LogP contribution in [0.4, 0.5) is 21.6 Å². The Bertz CT molecular complexity index is 1200. The molecule has 3 aromatic rings. The molecule has 0 radical (unpaired) electrons. The summed E-state index contributed by atoms with van der Waals surface area (Å²) >= 11 is 12.7. The first-order valence-corrected chi connectivity index (χ1v) is 10.3. The molecule has 0 bridgehead atoms. The molecule has 1 aromatic heterocycles. The number of benzene rings is 2. The number of carbonyl (C=O) groups is 2. The van der Waals surface area contributed by atoms with E-state index in [-0.39, 0.29) is 33.9 Å². The Kier molecular flexibility index (Phi) is 7.16. The highest BCUT2D eigenvalue weighted by Gasteiger charge is 2.15. The second-order valence-electron chi connectivity index (χ2n) is 6.06. The molecule has 0 saturated carbocycles. The molecule has 0 aliphatic heterocycles. The first-order chi connectivity index (χ1) is 14.7. The van der Waals surface area contributed by atoms with E-state index < -0.39 is 17.3 Å². The van der Waals surface area contributed by atoms with E-state index in [1.807, 2.05) is 0 Å². The predicted octanol–water partition coefficient (Wildman–Crippen LogP) is 3.78. The highest BCUT2D eigenvalue weighted by atomic mass is 35.5. The smallest absolute Gasteiger partial charge is 0.277 e. The molecule has 160 valence electrons. The minimum atomic E-state index is -0.699. The van der Waals surface area contributed by atoms with Gasteiger partial charge in [-0.2, -0.15) is 0 Å². The molecular formula is C19H14Cl2FN5O3S. The molecule has 1 heterocycles. The Hall–Kier alpha value is -3.08. The second kappa shape index (κ2) is 9.82. The molecule has 12 heteroatoms. The number of hydrogen-bond donors (Lipinski definition) is 4. The van der Waals surface area contributed by atoms with Crippen molar-refractivity contribution in [2.75, 3.05) is 22.1 Å². The van der Waals surface area contributed by atoms with Crippen molar-refractivity contribution in [1.29, 1.82) is 0 Å². The number of nitrogen functional groups attached to an aromatic ring is 1. The van der Waals surface area contributed by atoms with Gasteiger partial charge in [-0.25, -0.2) is 9.37 Å². The maximum absolute atomic E-state index is 13.0. The molecule has 5 N–H and O–H groups in total. The first-order valence-electron chi connectivity index (χ1n) is 8.57. The van der Waals surface area contributed by atoms with Crippen LogP contribution in [0.15, 0.2) is 52.4 Å². The topological polar surface area (TPSA) is 130 Å². The number of aromatic nitrogens is 2. The second-order valence-corrected chi connectivity index (χ2v) is 7.84. The number of H-pyrrole nitrogens is 1. The van der Waals surface area contributed by atoms with Crippen LogP contribution in [0.2, 0.25) is 10.0 Å². The third-order valence-corrected chi connectivity index (χ3v) is 5.43. The molecular weight excluding hydrogens is 468 g/mol. The Balaban J connectivity index is 1.63. The summed E-state index contributed by atoms with van der Waals surface area (Å²) < 4.78 is 13.0. The van der Waals surface area contributed by atoms with Crippen LogP contribution in [0.3, 0.4) is 0 Å². The van der Waals surface area contributed by atoms with Crippen LogP contribution in [-0.2, 0) is 4.79 Å². The van der Waals surface area contributed by atoms with E-state index in [4.69, 9.17) is 28.9 Å². The number of amides is 2. The van der Waals surface area contributed by atoms with E-state index in [2.05, 4.69) is 20.6 Å². The van der Waals surface area contributed by atoms with Gasteiger partial charge in [0.05, 0.1) is 15.8 Å². The van der Waals surface area contributed by atoms with Crippen LogP contribution in [0.5, 0.6) is 0 Å². The zero-order chi connectivity index (χ0) is 22.5. The van der Waals surface area contributed by atoms with Gasteiger partial charge in [-0.1, -0.05) is 35.0 Å². The number of thioether (sulfide) groups is 1. The molecule has 3 rings (SSSR count).